The van der Waals surface area contributed by atoms with E-state index in [2.05, 4.69) is 23.0 Å². The maximum absolute atomic E-state index is 12.8. The van der Waals surface area contributed by atoms with Crippen molar-refractivity contribution in [1.82, 2.24) is 0 Å². The van der Waals surface area contributed by atoms with Crippen LogP contribution in [0.1, 0.15) is 45.3 Å². The molecular weight excluding hydrogens is 420 g/mol. The molecule has 0 fully saturated rings. The lowest BCUT2D eigenvalue weighted by Gasteiger charge is -2.17. The molecule has 1 aromatic heterocycles. The second kappa shape index (κ2) is 9.14. The van der Waals surface area contributed by atoms with Crippen molar-refractivity contribution in [3.8, 4) is 6.07 Å². The fourth-order valence-corrected chi connectivity index (χ4v) is 4.61. The molecule has 30 heavy (non-hydrogen) atoms. The normalized spacial score (nSPS) is 16.2. The summed E-state index contributed by atoms with van der Waals surface area (Å²) >= 11 is 1.43. The number of benzene rings is 1. The molecular formula is C21H20F4N2O2S. The summed E-state index contributed by atoms with van der Waals surface area (Å²) in [7, 11) is 0. The summed E-state index contributed by atoms with van der Waals surface area (Å²) in [4.78, 5) is 13.7. The molecule has 1 atom stereocenters. The van der Waals surface area contributed by atoms with Gasteiger partial charge in [-0.2, -0.15) is 14.0 Å². The largest absolute Gasteiger partial charge is 0.370 e. The predicted octanol–water partition coefficient (Wildman–Crippen LogP) is 5.41. The standard InChI is InChI=1S/C21H20F4N2O2S/c1-12-2-7-15-16(9-26)19(30-17(15)8-12)27-18(28)14-5-3-13(4-6-14)10-29-11-21(24,25)20(22)23/h3-6,12,20H,2,7-8,10-11H2,1H3,(H,27,28)/t12-/m0/s1. The van der Waals surface area contributed by atoms with E-state index < -0.39 is 24.9 Å². The van der Waals surface area contributed by atoms with Gasteiger partial charge in [0, 0.05) is 10.4 Å². The first-order valence-electron chi connectivity index (χ1n) is 9.40. The highest BCUT2D eigenvalue weighted by atomic mass is 32.1. The van der Waals surface area contributed by atoms with Crippen LogP contribution in [-0.4, -0.2) is 24.9 Å². The molecule has 1 amide bonds. The van der Waals surface area contributed by atoms with Crippen LogP contribution in [0.15, 0.2) is 24.3 Å². The summed E-state index contributed by atoms with van der Waals surface area (Å²) in [6.07, 6.45) is -1.05. The number of hydrogen-bond acceptors (Lipinski definition) is 4. The molecule has 0 spiro atoms. The van der Waals surface area contributed by atoms with Crippen molar-refractivity contribution in [3.63, 3.8) is 0 Å². The minimum Gasteiger partial charge on any atom is -0.370 e. The highest BCUT2D eigenvalue weighted by Crippen LogP contribution is 2.39. The van der Waals surface area contributed by atoms with Crippen LogP contribution in [0.2, 0.25) is 0 Å². The Bertz CT molecular complexity index is 951. The Balaban J connectivity index is 1.62. The molecule has 4 nitrogen and oxygen atoms in total. The molecule has 9 heteroatoms. The number of fused-ring (bicyclic) bond motifs is 1. The van der Waals surface area contributed by atoms with E-state index >= 15 is 0 Å². The van der Waals surface area contributed by atoms with E-state index in [0.29, 0.717) is 27.6 Å². The SMILES string of the molecule is C[C@H]1CCc2c(sc(NC(=O)c3ccc(COCC(F)(F)C(F)F)cc3)c2C#N)C1. The number of carbonyl (C=O) groups excluding carboxylic acids is 1. The van der Waals surface area contributed by atoms with Crippen LogP contribution in [0.5, 0.6) is 0 Å². The van der Waals surface area contributed by atoms with Crippen molar-refractivity contribution in [2.45, 2.75) is 45.1 Å². The lowest BCUT2D eigenvalue weighted by Crippen LogP contribution is -2.32. The van der Waals surface area contributed by atoms with Gasteiger partial charge in [-0.25, -0.2) is 8.78 Å². The van der Waals surface area contributed by atoms with Gasteiger partial charge in [-0.05, 0) is 48.4 Å². The van der Waals surface area contributed by atoms with Gasteiger partial charge >= 0.3 is 12.3 Å². The average Bonchev–Trinajstić information content (AvgIpc) is 3.04. The lowest BCUT2D eigenvalue weighted by atomic mass is 9.88. The first-order valence-corrected chi connectivity index (χ1v) is 10.2. The third kappa shape index (κ3) is 4.99. The van der Waals surface area contributed by atoms with Gasteiger partial charge in [-0.3, -0.25) is 4.79 Å². The number of anilines is 1. The Morgan fingerprint density at radius 3 is 2.70 bits per heavy atom. The number of rotatable bonds is 7. The van der Waals surface area contributed by atoms with Gasteiger partial charge in [0.25, 0.3) is 5.91 Å². The first kappa shape index (κ1) is 22.2. The van der Waals surface area contributed by atoms with E-state index in [9.17, 15) is 27.6 Å². The number of hydrogen-bond donors (Lipinski definition) is 1. The lowest BCUT2D eigenvalue weighted by molar-refractivity contribution is -0.168. The van der Waals surface area contributed by atoms with Crippen molar-refractivity contribution in [3.05, 3.63) is 51.4 Å². The zero-order valence-corrected chi connectivity index (χ0v) is 17.0. The molecule has 0 saturated heterocycles. The summed E-state index contributed by atoms with van der Waals surface area (Å²) in [6.45, 7) is 0.497. The summed E-state index contributed by atoms with van der Waals surface area (Å²) in [5, 5.41) is 12.8. The number of alkyl halides is 4. The number of thiophene rings is 1. The second-order valence-electron chi connectivity index (χ2n) is 7.37. The van der Waals surface area contributed by atoms with Gasteiger partial charge in [0.15, 0.2) is 0 Å². The molecule has 1 aliphatic rings. The van der Waals surface area contributed by atoms with E-state index in [1.165, 1.54) is 35.6 Å². The smallest absolute Gasteiger partial charge is 0.330 e. The Labute approximate surface area is 175 Å². The van der Waals surface area contributed by atoms with Crippen LogP contribution >= 0.6 is 11.3 Å². The number of carbonyl (C=O) groups is 1. The van der Waals surface area contributed by atoms with Crippen molar-refractivity contribution >= 4 is 22.2 Å². The van der Waals surface area contributed by atoms with Crippen LogP contribution in [0, 0.1) is 17.2 Å². The highest BCUT2D eigenvalue weighted by Gasteiger charge is 2.40. The quantitative estimate of drug-likeness (QED) is 0.586. The Hall–Kier alpha value is -2.44. The molecule has 1 heterocycles. The zero-order chi connectivity index (χ0) is 21.9. The summed E-state index contributed by atoms with van der Waals surface area (Å²) < 4.78 is 54.6. The van der Waals surface area contributed by atoms with Crippen molar-refractivity contribution < 1.29 is 27.1 Å². The zero-order valence-electron chi connectivity index (χ0n) is 16.2. The van der Waals surface area contributed by atoms with Crippen molar-refractivity contribution in [2.75, 3.05) is 11.9 Å². The molecule has 160 valence electrons. The molecule has 1 aromatic carbocycles. The fraction of sp³-hybridized carbons (Fsp3) is 0.429. The number of amides is 1. The van der Waals surface area contributed by atoms with Crippen LogP contribution in [0.3, 0.4) is 0 Å². The molecule has 0 bridgehead atoms. The number of halogens is 4. The summed E-state index contributed by atoms with van der Waals surface area (Å²) in [5.41, 5.74) is 2.32. The van der Waals surface area contributed by atoms with E-state index in [-0.39, 0.29) is 6.61 Å². The van der Waals surface area contributed by atoms with Gasteiger partial charge < -0.3 is 10.1 Å². The van der Waals surface area contributed by atoms with Gasteiger partial charge in [-0.1, -0.05) is 19.1 Å². The molecule has 0 radical (unpaired) electrons. The maximum atomic E-state index is 12.8. The van der Waals surface area contributed by atoms with Gasteiger partial charge in [0.2, 0.25) is 0 Å². The Morgan fingerprint density at radius 2 is 2.07 bits per heavy atom. The molecule has 1 N–H and O–H groups in total. The first-order chi connectivity index (χ1) is 14.2. The third-order valence-corrected chi connectivity index (χ3v) is 6.12. The Morgan fingerprint density at radius 1 is 1.37 bits per heavy atom. The summed E-state index contributed by atoms with van der Waals surface area (Å²) in [5.74, 6) is -4.05. The van der Waals surface area contributed by atoms with E-state index in [1.807, 2.05) is 0 Å². The average molecular weight is 440 g/mol. The van der Waals surface area contributed by atoms with Crippen LogP contribution in [0.25, 0.3) is 0 Å². The monoisotopic (exact) mass is 440 g/mol. The molecule has 0 aliphatic heterocycles. The van der Waals surface area contributed by atoms with Gasteiger partial charge in [-0.15, -0.1) is 11.3 Å². The molecule has 0 unspecified atom stereocenters. The van der Waals surface area contributed by atoms with Crippen molar-refractivity contribution in [1.29, 1.82) is 5.26 Å². The van der Waals surface area contributed by atoms with Crippen LogP contribution in [-0.2, 0) is 24.2 Å². The minimum absolute atomic E-state index is 0.279. The topological polar surface area (TPSA) is 62.1 Å². The highest BCUT2D eigenvalue weighted by molar-refractivity contribution is 7.16. The van der Waals surface area contributed by atoms with Gasteiger partial charge in [0.1, 0.15) is 17.7 Å². The van der Waals surface area contributed by atoms with Crippen molar-refractivity contribution in [2.24, 2.45) is 5.92 Å². The fourth-order valence-electron chi connectivity index (χ4n) is 3.25. The summed E-state index contributed by atoms with van der Waals surface area (Å²) in [6, 6.07) is 8.17. The number of nitrogens with one attached hydrogen (secondary N) is 1. The van der Waals surface area contributed by atoms with E-state index in [1.54, 1.807) is 0 Å². The Kier molecular flexibility index (Phi) is 6.78. The minimum atomic E-state index is -4.20. The molecule has 0 saturated carbocycles. The second-order valence-corrected chi connectivity index (χ2v) is 8.48. The number of nitrogens with zero attached hydrogens (tertiary/aromatic N) is 1. The maximum Gasteiger partial charge on any atom is 0.330 e. The number of ether oxygens (including phenoxy) is 1. The van der Waals surface area contributed by atoms with E-state index in [0.717, 1.165) is 29.7 Å². The molecule has 1 aliphatic carbocycles. The molecule has 2 aromatic rings. The van der Waals surface area contributed by atoms with Crippen LogP contribution in [0.4, 0.5) is 22.6 Å². The van der Waals surface area contributed by atoms with Crippen LogP contribution < -0.4 is 5.32 Å². The molecule has 3 rings (SSSR count). The predicted molar refractivity (Wildman–Crippen MR) is 105 cm³/mol. The van der Waals surface area contributed by atoms with E-state index in [4.69, 9.17) is 0 Å². The van der Waals surface area contributed by atoms with Gasteiger partial charge in [0.05, 0.1) is 12.2 Å². The third-order valence-electron chi connectivity index (χ3n) is 4.95. The number of nitriles is 1.